The van der Waals surface area contributed by atoms with Crippen molar-refractivity contribution in [1.82, 2.24) is 0 Å². The molecule has 2 fully saturated rings. The second kappa shape index (κ2) is 7.95. The van der Waals surface area contributed by atoms with Crippen LogP contribution < -0.4 is 10.4 Å². The summed E-state index contributed by atoms with van der Waals surface area (Å²) in [7, 11) is -2.07. The molecule has 4 aliphatic rings. The summed E-state index contributed by atoms with van der Waals surface area (Å²) in [5.41, 5.74) is 1.54. The second-order valence-electron chi connectivity index (χ2n) is 9.99. The predicted molar refractivity (Wildman–Crippen MR) is 134 cm³/mol. The maximum atomic E-state index is 2.57. The monoisotopic (exact) mass is 420 g/mol. The van der Waals surface area contributed by atoms with Crippen molar-refractivity contribution in [3.8, 4) is 0 Å². The minimum atomic E-state index is -2.07. The lowest BCUT2D eigenvalue weighted by Gasteiger charge is -2.48. The van der Waals surface area contributed by atoms with Gasteiger partial charge >= 0.3 is 0 Å². The van der Waals surface area contributed by atoms with Crippen molar-refractivity contribution in [2.24, 2.45) is 23.7 Å². The van der Waals surface area contributed by atoms with E-state index in [-0.39, 0.29) is 0 Å². The van der Waals surface area contributed by atoms with Gasteiger partial charge in [-0.3, -0.25) is 0 Å². The molecule has 31 heavy (non-hydrogen) atoms. The first kappa shape index (κ1) is 19.3. The molecule has 0 N–H and O–H groups in total. The maximum absolute atomic E-state index is 2.57. The molecule has 0 heterocycles. The average molecular weight is 421 g/mol. The Bertz CT molecular complexity index is 943. The van der Waals surface area contributed by atoms with E-state index < -0.39 is 8.07 Å². The highest BCUT2D eigenvalue weighted by Crippen LogP contribution is 2.58. The van der Waals surface area contributed by atoms with E-state index in [9.17, 15) is 0 Å². The third-order valence-electron chi connectivity index (χ3n) is 8.82. The minimum Gasteiger partial charge on any atom is -0.0808 e. The SMILES string of the molecule is C1=CC2CC[C@@H]([Si](c3ccccc3)(c3ccccc3)[C@H]3CCC4C=CC=CC43)C2C=C1. The van der Waals surface area contributed by atoms with Crippen molar-refractivity contribution in [2.75, 3.05) is 0 Å². The van der Waals surface area contributed by atoms with E-state index in [2.05, 4.69) is 109 Å². The van der Waals surface area contributed by atoms with E-state index in [1.807, 2.05) is 0 Å². The lowest BCUT2D eigenvalue weighted by atomic mass is 9.91. The molecule has 0 saturated heterocycles. The molecule has 0 aliphatic heterocycles. The predicted octanol–water partition coefficient (Wildman–Crippen LogP) is 6.29. The molecule has 0 amide bonds. The molecule has 0 spiro atoms. The Morgan fingerprint density at radius 2 is 0.903 bits per heavy atom. The third kappa shape index (κ3) is 3.01. The summed E-state index contributed by atoms with van der Waals surface area (Å²) in [5, 5.41) is 3.34. The van der Waals surface area contributed by atoms with Crippen molar-refractivity contribution in [3.63, 3.8) is 0 Å². The van der Waals surface area contributed by atoms with E-state index in [1.54, 1.807) is 10.4 Å². The lowest BCUT2D eigenvalue weighted by molar-refractivity contribution is 0.522. The van der Waals surface area contributed by atoms with Crippen molar-refractivity contribution in [2.45, 2.75) is 36.8 Å². The molecule has 4 unspecified atom stereocenters. The molecule has 0 aromatic heterocycles. The number of allylic oxidation sites excluding steroid dienone is 8. The maximum Gasteiger partial charge on any atom is 0.125 e. The van der Waals surface area contributed by atoms with Gasteiger partial charge in [-0.2, -0.15) is 0 Å². The molecule has 0 nitrogen and oxygen atoms in total. The summed E-state index contributed by atoms with van der Waals surface area (Å²) < 4.78 is 0. The van der Waals surface area contributed by atoms with Gasteiger partial charge in [0.25, 0.3) is 0 Å². The first-order chi connectivity index (χ1) is 15.4. The highest BCUT2D eigenvalue weighted by atomic mass is 28.3. The van der Waals surface area contributed by atoms with Crippen LogP contribution in [0.1, 0.15) is 25.7 Å². The highest BCUT2D eigenvalue weighted by molar-refractivity contribution is 7.04. The van der Waals surface area contributed by atoms with Gasteiger partial charge in [0.05, 0.1) is 0 Å². The number of fused-ring (bicyclic) bond motifs is 2. The van der Waals surface area contributed by atoms with E-state index in [1.165, 1.54) is 25.7 Å². The van der Waals surface area contributed by atoms with Crippen molar-refractivity contribution in [1.29, 1.82) is 0 Å². The fraction of sp³-hybridized carbons (Fsp3) is 0.333. The molecule has 2 aromatic rings. The smallest absolute Gasteiger partial charge is 0.0808 e. The normalized spacial score (nSPS) is 33.4. The topological polar surface area (TPSA) is 0 Å². The van der Waals surface area contributed by atoms with Crippen LogP contribution in [0.25, 0.3) is 0 Å². The van der Waals surface area contributed by atoms with Gasteiger partial charge in [0.1, 0.15) is 8.07 Å². The fourth-order valence-corrected chi connectivity index (χ4v) is 15.0. The second-order valence-corrected chi connectivity index (χ2v) is 14.4. The molecule has 156 valence electrons. The summed E-state index contributed by atoms with van der Waals surface area (Å²) in [6, 6.07) is 23.6. The number of rotatable bonds is 4. The quantitative estimate of drug-likeness (QED) is 0.510. The molecule has 0 radical (unpaired) electrons. The minimum absolute atomic E-state index is 0.694. The zero-order valence-corrected chi connectivity index (χ0v) is 19.2. The van der Waals surface area contributed by atoms with E-state index in [0.717, 1.165) is 22.9 Å². The highest BCUT2D eigenvalue weighted by Gasteiger charge is 2.58. The largest absolute Gasteiger partial charge is 0.125 e. The zero-order chi connectivity index (χ0) is 20.7. The standard InChI is InChI=1S/C30H32Si/c1-3-13-25(14-4-1)31(26-15-5-2-6-16-26,29-21-19-23-11-7-9-17-27(23)29)30-22-20-24-12-8-10-18-28(24)30/h1-18,23-24,27-30H,19-22H2/t23?,24?,27?,28?,29-,30+. The van der Waals surface area contributed by atoms with Crippen LogP contribution in [-0.4, -0.2) is 8.07 Å². The Morgan fingerprint density at radius 3 is 1.35 bits per heavy atom. The van der Waals surface area contributed by atoms with Gasteiger partial charge in [0, 0.05) is 0 Å². The third-order valence-corrected chi connectivity index (χ3v) is 15.1. The lowest BCUT2D eigenvalue weighted by Crippen LogP contribution is -2.66. The fourth-order valence-electron chi connectivity index (χ4n) is 7.70. The van der Waals surface area contributed by atoms with Gasteiger partial charge in [-0.1, -0.05) is 132 Å². The molecule has 0 bridgehead atoms. The zero-order valence-electron chi connectivity index (χ0n) is 18.2. The molecule has 4 aliphatic carbocycles. The van der Waals surface area contributed by atoms with Gasteiger partial charge in [-0.15, -0.1) is 0 Å². The van der Waals surface area contributed by atoms with E-state index in [4.69, 9.17) is 0 Å². The first-order valence-electron chi connectivity index (χ1n) is 12.2. The van der Waals surface area contributed by atoms with Crippen LogP contribution in [-0.2, 0) is 0 Å². The number of benzene rings is 2. The van der Waals surface area contributed by atoms with Crippen molar-refractivity contribution < 1.29 is 0 Å². The van der Waals surface area contributed by atoms with Gasteiger partial charge in [0.2, 0.25) is 0 Å². The van der Waals surface area contributed by atoms with Crippen molar-refractivity contribution >= 4 is 18.4 Å². The van der Waals surface area contributed by atoms with Crippen molar-refractivity contribution in [3.05, 3.63) is 109 Å². The van der Waals surface area contributed by atoms with Gasteiger partial charge in [0.15, 0.2) is 0 Å². The molecule has 1 heteroatoms. The van der Waals surface area contributed by atoms with E-state index in [0.29, 0.717) is 11.8 Å². The molecular formula is C30H32Si. The van der Waals surface area contributed by atoms with Crippen LogP contribution in [0.5, 0.6) is 0 Å². The van der Waals surface area contributed by atoms with Crippen LogP contribution >= 0.6 is 0 Å². The summed E-state index contributed by atoms with van der Waals surface area (Å²) in [5.74, 6) is 2.85. The first-order valence-corrected chi connectivity index (χ1v) is 14.4. The number of hydrogen-bond acceptors (Lipinski definition) is 0. The summed E-state index contributed by atoms with van der Waals surface area (Å²) >= 11 is 0. The summed E-state index contributed by atoms with van der Waals surface area (Å²) in [6.45, 7) is 0. The Morgan fingerprint density at radius 1 is 0.484 bits per heavy atom. The summed E-state index contributed by atoms with van der Waals surface area (Å²) in [6.07, 6.45) is 24.8. The van der Waals surface area contributed by atoms with E-state index >= 15 is 0 Å². The van der Waals surface area contributed by atoms with Gasteiger partial charge < -0.3 is 0 Å². The molecule has 2 saturated carbocycles. The molecule has 6 rings (SSSR count). The van der Waals surface area contributed by atoms with Crippen LogP contribution in [0.2, 0.25) is 11.1 Å². The Labute approximate surface area is 188 Å². The molecule has 6 atom stereocenters. The van der Waals surface area contributed by atoms with Gasteiger partial charge in [-0.05, 0) is 47.6 Å². The van der Waals surface area contributed by atoms with Crippen LogP contribution in [0.4, 0.5) is 0 Å². The Hall–Kier alpha value is -2.38. The van der Waals surface area contributed by atoms with Gasteiger partial charge in [-0.25, -0.2) is 0 Å². The Balaban J connectivity index is 1.59. The van der Waals surface area contributed by atoms with Crippen LogP contribution in [0.3, 0.4) is 0 Å². The molecule has 2 aromatic carbocycles. The molecular weight excluding hydrogens is 388 g/mol. The number of hydrogen-bond donors (Lipinski definition) is 0. The average Bonchev–Trinajstić information content (AvgIpc) is 3.47. The summed E-state index contributed by atoms with van der Waals surface area (Å²) in [4.78, 5) is 0. The van der Waals surface area contributed by atoms with Crippen LogP contribution in [0, 0.1) is 23.7 Å². The Kier molecular flexibility index (Phi) is 4.95. The van der Waals surface area contributed by atoms with Crippen LogP contribution in [0.15, 0.2) is 109 Å².